The van der Waals surface area contributed by atoms with Gasteiger partial charge in [-0.25, -0.2) is 9.18 Å². The molecule has 0 aromatic heterocycles. The van der Waals surface area contributed by atoms with Crippen LogP contribution in [0.4, 0.5) is 4.39 Å². The number of allylic oxidation sites excluding steroid dienone is 2. The third kappa shape index (κ3) is 3.96. The Morgan fingerprint density at radius 2 is 2.11 bits per heavy atom. The lowest BCUT2D eigenvalue weighted by molar-refractivity contribution is -0.443. The molecule has 5 nitrogen and oxygen atoms in total. The second-order valence-corrected chi connectivity index (χ2v) is 7.21. The van der Waals surface area contributed by atoms with Gasteiger partial charge in [0.1, 0.15) is 5.82 Å². The minimum Gasteiger partial charge on any atom is -0.465 e. The minimum atomic E-state index is -0.457. The number of carbonyl (C=O) groups is 2. The quantitative estimate of drug-likeness (QED) is 0.645. The molecule has 1 saturated carbocycles. The maximum atomic E-state index is 13.5. The van der Waals surface area contributed by atoms with Crippen LogP contribution in [0.3, 0.4) is 0 Å². The number of halogens is 1. The van der Waals surface area contributed by atoms with E-state index in [2.05, 4.69) is 5.32 Å². The van der Waals surface area contributed by atoms with Crippen LogP contribution >= 0.6 is 0 Å². The van der Waals surface area contributed by atoms with Gasteiger partial charge in [0.05, 0.1) is 0 Å². The van der Waals surface area contributed by atoms with Gasteiger partial charge in [-0.15, -0.1) is 4.58 Å². The van der Waals surface area contributed by atoms with Crippen molar-refractivity contribution in [2.45, 2.75) is 37.8 Å². The Morgan fingerprint density at radius 3 is 2.89 bits per heavy atom. The van der Waals surface area contributed by atoms with Gasteiger partial charge in [0.25, 0.3) is 5.91 Å². The highest BCUT2D eigenvalue weighted by atomic mass is 19.1. The van der Waals surface area contributed by atoms with Crippen molar-refractivity contribution in [2.24, 2.45) is 0 Å². The van der Waals surface area contributed by atoms with Gasteiger partial charge >= 0.3 is 5.91 Å². The Bertz CT molecular complexity index is 923. The number of nitrogens with one attached hydrogen (secondary N) is 1. The number of rotatable bonds is 4. The topological polar surface area (TPSA) is 58.4 Å². The summed E-state index contributed by atoms with van der Waals surface area (Å²) in [6, 6.07) is 6.12. The Balaban J connectivity index is 1.61. The molecule has 144 valence electrons. The summed E-state index contributed by atoms with van der Waals surface area (Å²) in [5.74, 6) is -0.885. The lowest BCUT2D eigenvalue weighted by atomic mass is 10.1. The van der Waals surface area contributed by atoms with E-state index in [0.29, 0.717) is 11.3 Å². The van der Waals surface area contributed by atoms with Gasteiger partial charge in [-0.2, -0.15) is 0 Å². The molecule has 1 N–H and O–H groups in total. The van der Waals surface area contributed by atoms with Gasteiger partial charge in [0.2, 0.25) is 24.1 Å². The summed E-state index contributed by atoms with van der Waals surface area (Å²) in [6.07, 6.45) is 12.5. The minimum absolute atomic E-state index is 0.0663. The predicted octanol–water partition coefficient (Wildman–Crippen LogP) is 2.73. The molecule has 1 aliphatic heterocycles. The number of nitrogens with zero attached hydrogens (tertiary/aromatic N) is 1. The zero-order valence-electron chi connectivity index (χ0n) is 15.4. The average molecular weight is 381 g/mol. The molecule has 0 saturated heterocycles. The standard InChI is InChI=1S/C22H21FN2O3/c23-16-7-5-6-15(12-16)13-20-22(27)25(18-10-3-4-11-19(18)28-20)14-21(26)24-17-8-1-2-9-17/h3-7,10-13,17,19H,1-2,8-9,14H2/p+1/b20-13+. The maximum absolute atomic E-state index is 13.5. The van der Waals surface area contributed by atoms with Crippen molar-refractivity contribution < 1.29 is 23.3 Å². The van der Waals surface area contributed by atoms with Crippen molar-refractivity contribution in [3.05, 3.63) is 65.7 Å². The van der Waals surface area contributed by atoms with E-state index in [0.717, 1.165) is 25.7 Å². The number of amides is 2. The van der Waals surface area contributed by atoms with Crippen molar-refractivity contribution in [3.63, 3.8) is 0 Å². The molecule has 0 spiro atoms. The second-order valence-electron chi connectivity index (χ2n) is 7.21. The largest absolute Gasteiger partial charge is 0.465 e. The first kappa shape index (κ1) is 18.3. The summed E-state index contributed by atoms with van der Waals surface area (Å²) in [5.41, 5.74) is 1.16. The molecule has 2 aliphatic carbocycles. The SMILES string of the molecule is O=C(C[N+]1=C2C=CC=CC2O/C(=C/c2cccc(F)c2)C1=O)NC1CCCC1. The molecule has 3 aliphatic rings. The third-order valence-electron chi connectivity index (χ3n) is 5.15. The molecule has 28 heavy (non-hydrogen) atoms. The number of hydrogen-bond acceptors (Lipinski definition) is 3. The predicted molar refractivity (Wildman–Crippen MR) is 103 cm³/mol. The van der Waals surface area contributed by atoms with Crippen LogP contribution in [0.15, 0.2) is 54.3 Å². The summed E-state index contributed by atoms with van der Waals surface area (Å²) in [7, 11) is 0. The fraction of sp³-hybridized carbons (Fsp3) is 0.318. The first-order valence-corrected chi connectivity index (χ1v) is 9.57. The Morgan fingerprint density at radius 1 is 1.29 bits per heavy atom. The van der Waals surface area contributed by atoms with E-state index >= 15 is 0 Å². The maximum Gasteiger partial charge on any atom is 0.455 e. The fourth-order valence-electron chi connectivity index (χ4n) is 3.79. The number of ether oxygens (including phenoxy) is 1. The normalized spacial score (nSPS) is 23.1. The molecule has 6 heteroatoms. The number of hydrogen-bond donors (Lipinski definition) is 1. The molecular formula is C22H22FN2O3+. The second kappa shape index (κ2) is 7.92. The van der Waals surface area contributed by atoms with Crippen LogP contribution < -0.4 is 5.32 Å². The van der Waals surface area contributed by atoms with Gasteiger partial charge in [-0.3, -0.25) is 4.79 Å². The van der Waals surface area contributed by atoms with Gasteiger partial charge in [0.15, 0.2) is 0 Å². The van der Waals surface area contributed by atoms with E-state index in [4.69, 9.17) is 4.74 Å². The van der Waals surface area contributed by atoms with Crippen molar-refractivity contribution in [1.29, 1.82) is 0 Å². The molecule has 2 amide bonds. The van der Waals surface area contributed by atoms with Crippen LogP contribution in [0, 0.1) is 5.82 Å². The monoisotopic (exact) mass is 381 g/mol. The van der Waals surface area contributed by atoms with Crippen LogP contribution in [-0.2, 0) is 14.3 Å². The molecule has 1 unspecified atom stereocenters. The summed E-state index contributed by atoms with van der Waals surface area (Å²) in [4.78, 5) is 25.5. The fourth-order valence-corrected chi connectivity index (χ4v) is 3.79. The number of fused-ring (bicyclic) bond motifs is 1. The van der Waals surface area contributed by atoms with E-state index < -0.39 is 17.8 Å². The van der Waals surface area contributed by atoms with Crippen molar-refractivity contribution >= 4 is 23.6 Å². The molecule has 0 bridgehead atoms. The van der Waals surface area contributed by atoms with E-state index in [-0.39, 0.29) is 24.3 Å². The van der Waals surface area contributed by atoms with E-state index in [9.17, 15) is 14.0 Å². The first-order valence-electron chi connectivity index (χ1n) is 9.57. The third-order valence-corrected chi connectivity index (χ3v) is 5.15. The molecule has 1 fully saturated rings. The summed E-state index contributed by atoms with van der Waals surface area (Å²) >= 11 is 0. The summed E-state index contributed by atoms with van der Waals surface area (Å²) in [6.45, 7) is -0.0663. The Labute approximate surface area is 162 Å². The van der Waals surface area contributed by atoms with E-state index in [1.165, 1.54) is 22.8 Å². The summed E-state index contributed by atoms with van der Waals surface area (Å²) in [5, 5.41) is 3.02. The summed E-state index contributed by atoms with van der Waals surface area (Å²) < 4.78 is 20.8. The zero-order valence-corrected chi connectivity index (χ0v) is 15.4. The lowest BCUT2D eigenvalue weighted by Crippen LogP contribution is -2.47. The van der Waals surface area contributed by atoms with Crippen molar-refractivity contribution in [1.82, 2.24) is 5.32 Å². The molecule has 4 rings (SSSR count). The molecular weight excluding hydrogens is 359 g/mol. The van der Waals surface area contributed by atoms with E-state index in [1.54, 1.807) is 18.2 Å². The number of carbonyl (C=O) groups excluding carboxylic acids is 2. The van der Waals surface area contributed by atoms with Crippen LogP contribution in [0.2, 0.25) is 0 Å². The Hall–Kier alpha value is -3.02. The molecule has 1 atom stereocenters. The van der Waals surface area contributed by atoms with Crippen LogP contribution in [0.5, 0.6) is 0 Å². The van der Waals surface area contributed by atoms with Crippen LogP contribution in [-0.4, -0.2) is 40.8 Å². The Kier molecular flexibility index (Phi) is 5.19. The lowest BCUT2D eigenvalue weighted by Gasteiger charge is -2.23. The van der Waals surface area contributed by atoms with Crippen molar-refractivity contribution in [3.8, 4) is 0 Å². The highest BCUT2D eigenvalue weighted by Gasteiger charge is 2.40. The molecule has 0 radical (unpaired) electrons. The zero-order chi connectivity index (χ0) is 19.5. The van der Waals surface area contributed by atoms with Crippen molar-refractivity contribution in [2.75, 3.05) is 6.54 Å². The smallest absolute Gasteiger partial charge is 0.455 e. The van der Waals surface area contributed by atoms with Gasteiger partial charge in [-0.1, -0.05) is 37.1 Å². The molecule has 1 aromatic carbocycles. The average Bonchev–Trinajstić information content (AvgIpc) is 3.18. The first-order chi connectivity index (χ1) is 13.6. The van der Waals surface area contributed by atoms with Crippen LogP contribution in [0.25, 0.3) is 6.08 Å². The van der Waals surface area contributed by atoms with E-state index in [1.807, 2.05) is 18.2 Å². The highest BCUT2D eigenvalue weighted by Crippen LogP contribution is 2.21. The van der Waals surface area contributed by atoms with Gasteiger partial charge in [0, 0.05) is 12.1 Å². The molecule has 1 aromatic rings. The molecule has 1 heterocycles. The number of benzene rings is 1. The highest BCUT2D eigenvalue weighted by molar-refractivity contribution is 6.06. The van der Waals surface area contributed by atoms with Crippen LogP contribution in [0.1, 0.15) is 31.2 Å². The van der Waals surface area contributed by atoms with Gasteiger partial charge in [-0.05, 0) is 42.7 Å². The van der Waals surface area contributed by atoms with Gasteiger partial charge < -0.3 is 10.1 Å².